The van der Waals surface area contributed by atoms with E-state index in [0.717, 1.165) is 10.6 Å². The maximum Gasteiger partial charge on any atom is 0.220 e. The Morgan fingerprint density at radius 2 is 2.43 bits per heavy atom. The molecule has 0 aliphatic heterocycles. The Bertz CT molecular complexity index is 299. The van der Waals surface area contributed by atoms with Crippen molar-refractivity contribution >= 4 is 23.5 Å². The summed E-state index contributed by atoms with van der Waals surface area (Å²) < 4.78 is 0. The van der Waals surface area contributed by atoms with Gasteiger partial charge in [-0.15, -0.1) is 11.8 Å². The van der Waals surface area contributed by atoms with Crippen molar-refractivity contribution in [2.45, 2.75) is 11.3 Å². The number of pyridine rings is 1. The Morgan fingerprint density at radius 1 is 1.64 bits per heavy atom. The summed E-state index contributed by atoms with van der Waals surface area (Å²) in [6.07, 6.45) is 2.23. The van der Waals surface area contributed by atoms with Crippen LogP contribution in [0.25, 0.3) is 0 Å². The zero-order valence-corrected chi connectivity index (χ0v) is 8.80. The summed E-state index contributed by atoms with van der Waals surface area (Å²) in [6.45, 7) is 0. The Labute approximate surface area is 87.3 Å². The molecule has 1 aromatic rings. The lowest BCUT2D eigenvalue weighted by molar-refractivity contribution is -0.120. The van der Waals surface area contributed by atoms with E-state index in [1.807, 2.05) is 6.07 Å². The zero-order valence-electron chi connectivity index (χ0n) is 7.99. The second kappa shape index (κ2) is 5.49. The van der Waals surface area contributed by atoms with Crippen LogP contribution in [-0.2, 0) is 4.79 Å². The van der Waals surface area contributed by atoms with Gasteiger partial charge in [-0.1, -0.05) is 0 Å². The second-order valence-corrected chi connectivity index (χ2v) is 3.86. The molecule has 1 aromatic heterocycles. The summed E-state index contributed by atoms with van der Waals surface area (Å²) in [4.78, 5) is 15.9. The molecule has 3 N–H and O–H groups in total. The molecule has 5 heteroatoms. The lowest BCUT2D eigenvalue weighted by Gasteiger charge is -2.00. The monoisotopic (exact) mass is 211 g/mol. The smallest absolute Gasteiger partial charge is 0.220 e. The van der Waals surface area contributed by atoms with Crippen molar-refractivity contribution in [2.75, 3.05) is 18.5 Å². The standard InChI is InChI=1S/C9H13N3OS/c1-11-9(13)4-5-14-7-2-3-8(10)12-6-7/h2-3,6H,4-5H2,1H3,(H2,10,12)(H,11,13). The molecule has 0 aliphatic carbocycles. The number of carbonyl (C=O) groups is 1. The van der Waals surface area contributed by atoms with Crippen LogP contribution in [0.1, 0.15) is 6.42 Å². The van der Waals surface area contributed by atoms with Crippen LogP contribution in [0, 0.1) is 0 Å². The third-order valence-corrected chi connectivity index (χ3v) is 2.62. The third kappa shape index (κ3) is 3.66. The van der Waals surface area contributed by atoms with Crippen molar-refractivity contribution in [3.05, 3.63) is 18.3 Å². The summed E-state index contributed by atoms with van der Waals surface area (Å²) in [5.74, 6) is 1.33. The van der Waals surface area contributed by atoms with Gasteiger partial charge < -0.3 is 11.1 Å². The third-order valence-electron chi connectivity index (χ3n) is 1.64. The van der Waals surface area contributed by atoms with Crippen LogP contribution in [0.4, 0.5) is 5.82 Å². The van der Waals surface area contributed by atoms with E-state index < -0.39 is 0 Å². The van der Waals surface area contributed by atoms with Gasteiger partial charge in [-0.25, -0.2) is 4.98 Å². The first-order chi connectivity index (χ1) is 6.72. The molecule has 1 rings (SSSR count). The van der Waals surface area contributed by atoms with E-state index in [-0.39, 0.29) is 5.91 Å². The number of thioether (sulfide) groups is 1. The number of hydrogen-bond acceptors (Lipinski definition) is 4. The van der Waals surface area contributed by atoms with E-state index in [0.29, 0.717) is 12.2 Å². The molecule has 0 spiro atoms. The predicted octanol–water partition coefficient (Wildman–Crippen LogP) is 0.892. The van der Waals surface area contributed by atoms with E-state index in [4.69, 9.17) is 5.73 Å². The highest BCUT2D eigenvalue weighted by atomic mass is 32.2. The number of nitrogens with one attached hydrogen (secondary N) is 1. The highest BCUT2D eigenvalue weighted by Crippen LogP contribution is 2.17. The van der Waals surface area contributed by atoms with Gasteiger partial charge in [0.25, 0.3) is 0 Å². The molecule has 14 heavy (non-hydrogen) atoms. The van der Waals surface area contributed by atoms with Crippen LogP contribution in [0.15, 0.2) is 23.2 Å². The highest BCUT2D eigenvalue weighted by molar-refractivity contribution is 7.99. The average Bonchev–Trinajstić information content (AvgIpc) is 2.21. The molecule has 0 atom stereocenters. The van der Waals surface area contributed by atoms with Gasteiger partial charge in [0.1, 0.15) is 5.82 Å². The quantitative estimate of drug-likeness (QED) is 0.726. The van der Waals surface area contributed by atoms with E-state index in [1.165, 1.54) is 0 Å². The first-order valence-electron chi connectivity index (χ1n) is 4.27. The first kappa shape index (κ1) is 10.8. The topological polar surface area (TPSA) is 68.0 Å². The average molecular weight is 211 g/mol. The van der Waals surface area contributed by atoms with Crippen molar-refractivity contribution in [1.82, 2.24) is 10.3 Å². The van der Waals surface area contributed by atoms with Crippen LogP contribution < -0.4 is 11.1 Å². The fourth-order valence-electron chi connectivity index (χ4n) is 0.864. The molecular formula is C9H13N3OS. The van der Waals surface area contributed by atoms with E-state index >= 15 is 0 Å². The number of nitrogens with zero attached hydrogens (tertiary/aromatic N) is 1. The van der Waals surface area contributed by atoms with Crippen molar-refractivity contribution < 1.29 is 4.79 Å². The molecule has 76 valence electrons. The van der Waals surface area contributed by atoms with Gasteiger partial charge in [0.05, 0.1) is 0 Å². The van der Waals surface area contributed by atoms with Gasteiger partial charge in [0.15, 0.2) is 0 Å². The first-order valence-corrected chi connectivity index (χ1v) is 5.26. The van der Waals surface area contributed by atoms with E-state index in [1.54, 1.807) is 31.1 Å². The van der Waals surface area contributed by atoms with Crippen molar-refractivity contribution in [3.8, 4) is 0 Å². The minimum absolute atomic E-state index is 0.0564. The van der Waals surface area contributed by atoms with Crippen LogP contribution in [0.2, 0.25) is 0 Å². The minimum Gasteiger partial charge on any atom is -0.384 e. The molecule has 0 unspecified atom stereocenters. The number of carbonyl (C=O) groups excluding carboxylic acids is 1. The lowest BCUT2D eigenvalue weighted by Crippen LogP contribution is -2.17. The predicted molar refractivity (Wildman–Crippen MR) is 58.1 cm³/mol. The van der Waals surface area contributed by atoms with Crippen molar-refractivity contribution in [2.24, 2.45) is 0 Å². The molecule has 0 saturated heterocycles. The van der Waals surface area contributed by atoms with Crippen LogP contribution in [0.5, 0.6) is 0 Å². The number of hydrogen-bond donors (Lipinski definition) is 2. The zero-order chi connectivity index (χ0) is 10.4. The van der Waals surface area contributed by atoms with E-state index in [9.17, 15) is 4.79 Å². The fraction of sp³-hybridized carbons (Fsp3) is 0.333. The molecule has 0 aliphatic rings. The molecule has 1 amide bonds. The van der Waals surface area contributed by atoms with Crippen LogP contribution in [-0.4, -0.2) is 23.7 Å². The van der Waals surface area contributed by atoms with Crippen LogP contribution >= 0.6 is 11.8 Å². The summed E-state index contributed by atoms with van der Waals surface area (Å²) in [5, 5.41) is 2.57. The molecular weight excluding hydrogens is 198 g/mol. The molecule has 0 fully saturated rings. The minimum atomic E-state index is 0.0564. The molecule has 0 bridgehead atoms. The van der Waals surface area contributed by atoms with Gasteiger partial charge in [0, 0.05) is 30.3 Å². The van der Waals surface area contributed by atoms with Gasteiger partial charge in [-0.05, 0) is 12.1 Å². The number of amides is 1. The Balaban J connectivity index is 2.31. The van der Waals surface area contributed by atoms with Gasteiger partial charge in [-0.3, -0.25) is 4.79 Å². The van der Waals surface area contributed by atoms with Gasteiger partial charge >= 0.3 is 0 Å². The number of nitrogen functional groups attached to an aromatic ring is 1. The number of anilines is 1. The summed E-state index contributed by atoms with van der Waals surface area (Å²) in [5.41, 5.74) is 5.44. The molecule has 0 radical (unpaired) electrons. The molecule has 0 aromatic carbocycles. The van der Waals surface area contributed by atoms with E-state index in [2.05, 4.69) is 10.3 Å². The SMILES string of the molecule is CNC(=O)CCSc1ccc(N)nc1. The van der Waals surface area contributed by atoms with Gasteiger partial charge in [0.2, 0.25) is 5.91 Å². The Kier molecular flexibility index (Phi) is 4.25. The van der Waals surface area contributed by atoms with Crippen molar-refractivity contribution in [3.63, 3.8) is 0 Å². The summed E-state index contributed by atoms with van der Waals surface area (Å²) in [6, 6.07) is 3.65. The Morgan fingerprint density at radius 3 is 3.00 bits per heavy atom. The molecule has 0 saturated carbocycles. The Hall–Kier alpha value is -1.23. The fourth-order valence-corrected chi connectivity index (χ4v) is 1.68. The summed E-state index contributed by atoms with van der Waals surface area (Å²) >= 11 is 1.59. The normalized spacial score (nSPS) is 9.79. The molecule has 4 nitrogen and oxygen atoms in total. The second-order valence-electron chi connectivity index (χ2n) is 2.69. The summed E-state index contributed by atoms with van der Waals surface area (Å²) in [7, 11) is 1.64. The number of nitrogens with two attached hydrogens (primary N) is 1. The van der Waals surface area contributed by atoms with Crippen LogP contribution in [0.3, 0.4) is 0 Å². The van der Waals surface area contributed by atoms with Gasteiger partial charge in [-0.2, -0.15) is 0 Å². The molecule has 1 heterocycles. The van der Waals surface area contributed by atoms with Crippen molar-refractivity contribution in [1.29, 1.82) is 0 Å². The maximum atomic E-state index is 10.9. The number of aromatic nitrogens is 1. The largest absolute Gasteiger partial charge is 0.384 e. The lowest BCUT2D eigenvalue weighted by atomic mass is 10.5. The number of rotatable bonds is 4. The highest BCUT2D eigenvalue weighted by Gasteiger charge is 1.99. The maximum absolute atomic E-state index is 10.9.